The van der Waals surface area contributed by atoms with Crippen LogP contribution in [0.4, 0.5) is 8.78 Å². The molecule has 4 N–H and O–H groups in total. The van der Waals surface area contributed by atoms with Crippen LogP contribution in [0.15, 0.2) is 15.8 Å². The zero-order valence-corrected chi connectivity index (χ0v) is 13.3. The van der Waals surface area contributed by atoms with E-state index in [1.165, 1.54) is 18.8 Å². The van der Waals surface area contributed by atoms with Gasteiger partial charge in [-0.05, 0) is 5.92 Å². The molecule has 9 nitrogen and oxygen atoms in total. The fourth-order valence-corrected chi connectivity index (χ4v) is 1.96. The largest absolute Gasteiger partial charge is 0.458 e. The van der Waals surface area contributed by atoms with Gasteiger partial charge in [0.15, 0.2) is 12.8 Å². The second-order valence-corrected chi connectivity index (χ2v) is 5.79. The van der Waals surface area contributed by atoms with Crippen LogP contribution >= 0.6 is 0 Å². The Bertz CT molecular complexity index is 894. The van der Waals surface area contributed by atoms with Gasteiger partial charge in [-0.25, -0.2) is 9.18 Å². The molecular formula is C14H19F2N3O6. The molecule has 25 heavy (non-hydrogen) atoms. The van der Waals surface area contributed by atoms with Gasteiger partial charge in [0.05, 0.1) is 10.3 Å². The average molecular weight is 366 g/mol. The lowest BCUT2D eigenvalue weighted by atomic mass is 10.1. The van der Waals surface area contributed by atoms with E-state index in [9.17, 15) is 23.9 Å². The number of H-pyrrole nitrogens is 1. The summed E-state index contributed by atoms with van der Waals surface area (Å²) in [5.41, 5.74) is 2.69. The Morgan fingerprint density at radius 2 is 2.36 bits per heavy atom. The predicted molar refractivity (Wildman–Crippen MR) is 79.6 cm³/mol. The van der Waals surface area contributed by atoms with Crippen molar-refractivity contribution in [1.82, 2.24) is 9.55 Å². The lowest BCUT2D eigenvalue weighted by molar-refractivity contribution is -0.197. The number of esters is 1. The maximum absolute atomic E-state index is 15.2. The van der Waals surface area contributed by atoms with Gasteiger partial charge in [0, 0.05) is 6.42 Å². The molecule has 1 aromatic heterocycles. The number of nitrogens with one attached hydrogen (secondary N) is 1. The molecule has 11 heteroatoms. The zero-order valence-electron chi connectivity index (χ0n) is 16.3. The van der Waals surface area contributed by atoms with E-state index in [1.54, 1.807) is 0 Å². The second kappa shape index (κ2) is 7.02. The fourth-order valence-electron chi connectivity index (χ4n) is 1.96. The van der Waals surface area contributed by atoms with E-state index in [0.29, 0.717) is 0 Å². The molecule has 0 aliphatic carbocycles. The molecule has 1 aliphatic rings. The molecule has 1 fully saturated rings. The van der Waals surface area contributed by atoms with Crippen LogP contribution in [0.5, 0.6) is 0 Å². The molecule has 0 bridgehead atoms. The minimum absolute atomic E-state index is 0.0491. The lowest BCUT2D eigenvalue weighted by Crippen LogP contribution is -2.40. The SMILES string of the molecule is [2H]C([2H])(OC(=O)[C@@H](N)C(C)C)[C@]1(F)C[C@@H](O)[C@]([2H])(n2cc(F)c(=O)[nH]c2=O)O1. The Balaban J connectivity index is 2.39. The highest BCUT2D eigenvalue weighted by molar-refractivity contribution is 5.75. The number of hydrogen-bond donors (Lipinski definition) is 3. The van der Waals surface area contributed by atoms with Gasteiger partial charge in [0.2, 0.25) is 11.7 Å². The van der Waals surface area contributed by atoms with Crippen LogP contribution in [-0.2, 0) is 14.3 Å². The number of carbonyl (C=O) groups excluding carboxylic acids is 1. The first-order valence-corrected chi connectivity index (χ1v) is 7.22. The van der Waals surface area contributed by atoms with Crippen LogP contribution in [0.1, 0.15) is 30.6 Å². The predicted octanol–water partition coefficient (Wildman–Crippen LogP) is -0.852. The smallest absolute Gasteiger partial charge is 0.330 e. The average Bonchev–Trinajstić information content (AvgIpc) is 2.81. The summed E-state index contributed by atoms with van der Waals surface area (Å²) in [6.07, 6.45) is -6.30. The van der Waals surface area contributed by atoms with Gasteiger partial charge in [-0.2, -0.15) is 4.39 Å². The second-order valence-electron chi connectivity index (χ2n) is 5.79. The van der Waals surface area contributed by atoms with E-state index in [4.69, 9.17) is 9.85 Å². The first kappa shape index (κ1) is 15.2. The van der Waals surface area contributed by atoms with E-state index in [-0.39, 0.29) is 10.8 Å². The molecule has 0 amide bonds. The van der Waals surface area contributed by atoms with Crippen molar-refractivity contribution in [2.45, 2.75) is 44.5 Å². The minimum Gasteiger partial charge on any atom is -0.458 e. The van der Waals surface area contributed by atoms with Crippen LogP contribution in [0, 0.1) is 11.7 Å². The summed E-state index contributed by atoms with van der Waals surface area (Å²) in [4.78, 5) is 36.3. The zero-order chi connectivity index (χ0) is 21.7. The van der Waals surface area contributed by atoms with Crippen molar-refractivity contribution in [1.29, 1.82) is 0 Å². The number of aliphatic hydroxyl groups is 1. The Labute approximate surface area is 144 Å². The van der Waals surface area contributed by atoms with Crippen LogP contribution in [0.3, 0.4) is 0 Å². The number of ether oxygens (including phenoxy) is 2. The van der Waals surface area contributed by atoms with Crippen LogP contribution in [0.25, 0.3) is 0 Å². The van der Waals surface area contributed by atoms with Crippen molar-refractivity contribution in [3.05, 3.63) is 32.9 Å². The molecule has 0 aromatic carbocycles. The maximum atomic E-state index is 15.2. The standard InChI is InChI=1S/C14H19F2N3O6/c1-6(2)9(17)12(22)24-5-14(16)3-8(20)11(25-14)19-4-7(15)10(21)18-13(19)23/h4,6,8-9,11,20H,3,5,17H2,1-2H3,(H,18,21,23)/t8-,9+,11-,14+/m1/s1/i5D2,11D. The highest BCUT2D eigenvalue weighted by Crippen LogP contribution is 2.37. The van der Waals surface area contributed by atoms with Crippen molar-refractivity contribution in [2.24, 2.45) is 11.7 Å². The van der Waals surface area contributed by atoms with E-state index >= 15 is 4.39 Å². The first-order chi connectivity index (χ1) is 12.6. The quantitative estimate of drug-likeness (QED) is 0.577. The number of alkyl halides is 1. The Hall–Kier alpha value is -2.11. The number of hydrogen-bond acceptors (Lipinski definition) is 7. The number of aromatic amines is 1. The summed E-state index contributed by atoms with van der Waals surface area (Å²) < 4.78 is 61.3. The van der Waals surface area contributed by atoms with Crippen molar-refractivity contribution >= 4 is 5.97 Å². The summed E-state index contributed by atoms with van der Waals surface area (Å²) in [5, 5.41) is 10.1. The lowest BCUT2D eigenvalue weighted by Gasteiger charge is -2.22. The number of nitrogens with two attached hydrogens (primary N) is 1. The highest BCUT2D eigenvalue weighted by Gasteiger charge is 2.49. The summed E-state index contributed by atoms with van der Waals surface area (Å²) in [7, 11) is 0. The molecule has 1 saturated heterocycles. The van der Waals surface area contributed by atoms with E-state index in [0.717, 1.165) is 0 Å². The molecule has 0 spiro atoms. The third kappa shape index (κ3) is 4.11. The monoisotopic (exact) mass is 366 g/mol. The summed E-state index contributed by atoms with van der Waals surface area (Å²) in [6.45, 7) is -0.451. The molecule has 1 aromatic rings. The first-order valence-electron chi connectivity index (χ1n) is 8.72. The molecule has 0 saturated carbocycles. The van der Waals surface area contributed by atoms with Crippen LogP contribution in [0.2, 0.25) is 0 Å². The normalized spacial score (nSPS) is 32.8. The Kier molecular flexibility index (Phi) is 4.26. The molecular weight excluding hydrogens is 344 g/mol. The molecule has 0 radical (unpaired) electrons. The summed E-state index contributed by atoms with van der Waals surface area (Å²) >= 11 is 0. The topological polar surface area (TPSA) is 137 Å². The van der Waals surface area contributed by atoms with Gasteiger partial charge in [-0.3, -0.25) is 19.1 Å². The molecule has 1 aliphatic heterocycles. The van der Waals surface area contributed by atoms with Gasteiger partial charge in [0.25, 0.3) is 5.56 Å². The van der Waals surface area contributed by atoms with Crippen molar-refractivity contribution in [3.8, 4) is 0 Å². The molecule has 2 rings (SSSR count). The number of halogens is 2. The number of carbonyl (C=O) groups is 1. The Morgan fingerprint density at radius 3 is 2.96 bits per heavy atom. The van der Waals surface area contributed by atoms with Gasteiger partial charge in [-0.1, -0.05) is 13.8 Å². The van der Waals surface area contributed by atoms with Crippen LogP contribution < -0.4 is 17.0 Å². The molecule has 140 valence electrons. The van der Waals surface area contributed by atoms with Crippen molar-refractivity contribution in [2.75, 3.05) is 6.56 Å². The van der Waals surface area contributed by atoms with Gasteiger partial charge < -0.3 is 20.3 Å². The molecule has 2 heterocycles. The Morgan fingerprint density at radius 1 is 1.72 bits per heavy atom. The highest BCUT2D eigenvalue weighted by atomic mass is 19.2. The number of aromatic nitrogens is 2. The third-order valence-electron chi connectivity index (χ3n) is 3.44. The number of nitrogens with zero attached hydrogens (tertiary/aromatic N) is 1. The number of aliphatic hydroxyl groups excluding tert-OH is 1. The van der Waals surface area contributed by atoms with E-state index in [1.807, 2.05) is 0 Å². The van der Waals surface area contributed by atoms with Gasteiger partial charge in [-0.15, -0.1) is 0 Å². The molecule has 4 atom stereocenters. The van der Waals surface area contributed by atoms with Gasteiger partial charge >= 0.3 is 11.7 Å². The minimum atomic E-state index is -3.59. The summed E-state index contributed by atoms with van der Waals surface area (Å²) in [5.74, 6) is -6.89. The fraction of sp³-hybridized carbons (Fsp3) is 0.643. The van der Waals surface area contributed by atoms with E-state index < -0.39 is 66.1 Å². The van der Waals surface area contributed by atoms with Crippen molar-refractivity contribution in [3.63, 3.8) is 0 Å². The third-order valence-corrected chi connectivity index (χ3v) is 3.44. The van der Waals surface area contributed by atoms with Crippen LogP contribution in [-0.4, -0.2) is 45.2 Å². The van der Waals surface area contributed by atoms with E-state index in [2.05, 4.69) is 9.47 Å². The number of rotatable bonds is 5. The summed E-state index contributed by atoms with van der Waals surface area (Å²) in [6, 6.07) is -1.29. The maximum Gasteiger partial charge on any atom is 0.330 e. The van der Waals surface area contributed by atoms with Crippen molar-refractivity contribution < 1.29 is 32.3 Å². The van der Waals surface area contributed by atoms with Gasteiger partial charge in [0.1, 0.15) is 12.1 Å². The molecule has 0 unspecified atom stereocenters.